The van der Waals surface area contributed by atoms with E-state index in [-0.39, 0.29) is 6.42 Å². The predicted molar refractivity (Wildman–Crippen MR) is 74.9 cm³/mol. The zero-order chi connectivity index (χ0) is 15.7. The highest BCUT2D eigenvalue weighted by Crippen LogP contribution is 2.36. The fourth-order valence-corrected chi connectivity index (χ4v) is 2.49. The molecule has 5 N–H and O–H groups in total. The molecule has 0 saturated carbocycles. The van der Waals surface area contributed by atoms with Crippen LogP contribution in [-0.4, -0.2) is 48.4 Å². The average Bonchev–Trinajstić information content (AvgIpc) is 3.09. The maximum atomic E-state index is 10.1. The number of anilines is 1. The molecule has 1 fully saturated rings. The molecule has 11 heteroatoms. The second kappa shape index (κ2) is 6.39. The van der Waals surface area contributed by atoms with E-state index in [1.54, 1.807) is 16.8 Å². The summed E-state index contributed by atoms with van der Waals surface area (Å²) in [6.45, 7) is 0. The number of hydrogen-bond donors (Lipinski definition) is 4. The van der Waals surface area contributed by atoms with Gasteiger partial charge in [0.15, 0.2) is 12.5 Å². The lowest BCUT2D eigenvalue weighted by molar-refractivity contribution is -0.318. The number of nitrogens with two attached hydrogens (primary N) is 1. The standard InChI is InChI=1S/C11H15N4O6P/c12-9-6-1-2-15(10(6)14-4-13-9)11-7(17)3-8(19-11)20-21-22(18)5-16/h1-2,4,7-8,11,16-18H,3,5H2,(H2,12,13,14)/t7?,8-,11-,22?/m1/s1. The van der Waals surface area contributed by atoms with Crippen LogP contribution in [0.3, 0.4) is 0 Å². The van der Waals surface area contributed by atoms with Crippen molar-refractivity contribution < 1.29 is 29.4 Å². The molecule has 2 unspecified atom stereocenters. The Bertz CT molecular complexity index is 655. The molecule has 3 rings (SSSR count). The first-order chi connectivity index (χ1) is 10.6. The Morgan fingerprint density at radius 1 is 1.50 bits per heavy atom. The fourth-order valence-electron chi connectivity index (χ4n) is 2.25. The van der Waals surface area contributed by atoms with Crippen molar-refractivity contribution in [1.82, 2.24) is 14.5 Å². The molecule has 0 aliphatic carbocycles. The molecule has 2 aromatic heterocycles. The lowest BCUT2D eigenvalue weighted by Crippen LogP contribution is -2.19. The molecule has 22 heavy (non-hydrogen) atoms. The van der Waals surface area contributed by atoms with Crippen molar-refractivity contribution >= 4 is 25.2 Å². The summed E-state index contributed by atoms with van der Waals surface area (Å²) in [5, 5.41) is 19.4. The van der Waals surface area contributed by atoms with Crippen molar-refractivity contribution in [3.05, 3.63) is 18.6 Å². The molecular formula is C11H15N4O6P. The summed E-state index contributed by atoms with van der Waals surface area (Å²) in [5.41, 5.74) is 6.29. The molecule has 3 heterocycles. The van der Waals surface area contributed by atoms with Crippen LogP contribution in [0.4, 0.5) is 5.82 Å². The zero-order valence-corrected chi connectivity index (χ0v) is 12.2. The second-order valence-electron chi connectivity index (χ2n) is 4.64. The molecule has 0 radical (unpaired) electrons. The maximum Gasteiger partial charge on any atom is 0.232 e. The predicted octanol–water partition coefficient (Wildman–Crippen LogP) is -0.178. The van der Waals surface area contributed by atoms with Crippen molar-refractivity contribution in [2.75, 3.05) is 12.1 Å². The summed E-state index contributed by atoms with van der Waals surface area (Å²) in [7, 11) is -2.07. The lowest BCUT2D eigenvalue weighted by atomic mass is 10.2. The van der Waals surface area contributed by atoms with E-state index >= 15 is 0 Å². The van der Waals surface area contributed by atoms with Crippen LogP contribution in [0.1, 0.15) is 12.6 Å². The Kier molecular flexibility index (Phi) is 4.50. The van der Waals surface area contributed by atoms with E-state index < -0.39 is 33.3 Å². The monoisotopic (exact) mass is 330 g/mol. The molecule has 0 amide bonds. The Hall–Kier alpha value is -1.39. The number of hydrogen-bond acceptors (Lipinski definition) is 9. The molecular weight excluding hydrogens is 315 g/mol. The van der Waals surface area contributed by atoms with E-state index in [9.17, 15) is 5.11 Å². The topological polar surface area (TPSA) is 145 Å². The van der Waals surface area contributed by atoms with Gasteiger partial charge in [0.2, 0.25) is 8.38 Å². The summed E-state index contributed by atoms with van der Waals surface area (Å²) >= 11 is 0. The van der Waals surface area contributed by atoms with E-state index in [0.717, 1.165) is 0 Å². The van der Waals surface area contributed by atoms with Crippen molar-refractivity contribution in [2.45, 2.75) is 25.0 Å². The number of nitrogen functional groups attached to an aromatic ring is 1. The number of rotatable bonds is 5. The van der Waals surface area contributed by atoms with Crippen molar-refractivity contribution in [1.29, 1.82) is 0 Å². The molecule has 120 valence electrons. The number of ether oxygens (including phenoxy) is 1. The molecule has 1 aliphatic rings. The van der Waals surface area contributed by atoms with Gasteiger partial charge < -0.3 is 30.1 Å². The first-order valence-corrected chi connectivity index (χ1v) is 7.81. The largest absolute Gasteiger partial charge is 0.388 e. The van der Waals surface area contributed by atoms with Gasteiger partial charge in [0.1, 0.15) is 30.2 Å². The van der Waals surface area contributed by atoms with Gasteiger partial charge in [-0.05, 0) is 6.07 Å². The van der Waals surface area contributed by atoms with Gasteiger partial charge in [-0.1, -0.05) is 0 Å². The van der Waals surface area contributed by atoms with E-state index in [0.29, 0.717) is 16.9 Å². The van der Waals surface area contributed by atoms with Gasteiger partial charge in [-0.25, -0.2) is 9.97 Å². The van der Waals surface area contributed by atoms with Gasteiger partial charge in [-0.2, -0.15) is 9.56 Å². The summed E-state index contributed by atoms with van der Waals surface area (Å²) in [6.07, 6.45) is 0.123. The minimum atomic E-state index is -2.07. The van der Waals surface area contributed by atoms with Crippen LogP contribution >= 0.6 is 8.38 Å². The summed E-state index contributed by atoms with van der Waals surface area (Å²) in [6, 6.07) is 1.73. The summed E-state index contributed by atoms with van der Waals surface area (Å²) < 4.78 is 11.7. The highest BCUT2D eigenvalue weighted by Gasteiger charge is 2.37. The van der Waals surface area contributed by atoms with Gasteiger partial charge >= 0.3 is 0 Å². The first kappa shape index (κ1) is 15.5. The van der Waals surface area contributed by atoms with E-state index in [2.05, 4.69) is 14.6 Å². The molecule has 0 spiro atoms. The van der Waals surface area contributed by atoms with Gasteiger partial charge in [-0.15, -0.1) is 0 Å². The Balaban J connectivity index is 1.75. The van der Waals surface area contributed by atoms with Gasteiger partial charge in [-0.3, -0.25) is 0 Å². The molecule has 0 bridgehead atoms. The second-order valence-corrected chi connectivity index (χ2v) is 5.78. The molecule has 4 atom stereocenters. The van der Waals surface area contributed by atoms with Crippen LogP contribution in [0.2, 0.25) is 0 Å². The highest BCUT2D eigenvalue weighted by atomic mass is 31.2. The molecule has 2 aromatic rings. The van der Waals surface area contributed by atoms with Crippen LogP contribution in [0.5, 0.6) is 0 Å². The fraction of sp³-hybridized carbons (Fsp3) is 0.455. The third kappa shape index (κ3) is 2.90. The highest BCUT2D eigenvalue weighted by molar-refractivity contribution is 7.45. The SMILES string of the molecule is Nc1ncnc2c1ccn2[C@@H]1O[C@H](OOP(O)CO)CC1O. The quantitative estimate of drug-likeness (QED) is 0.333. The van der Waals surface area contributed by atoms with Crippen LogP contribution < -0.4 is 5.73 Å². The number of aliphatic hydroxyl groups is 2. The van der Waals surface area contributed by atoms with Gasteiger partial charge in [0.05, 0.1) is 5.39 Å². The number of aliphatic hydroxyl groups excluding tert-OH is 2. The minimum Gasteiger partial charge on any atom is -0.388 e. The summed E-state index contributed by atoms with van der Waals surface area (Å²) in [4.78, 5) is 22.0. The van der Waals surface area contributed by atoms with Crippen LogP contribution in [0, 0.1) is 0 Å². The zero-order valence-electron chi connectivity index (χ0n) is 11.3. The van der Waals surface area contributed by atoms with Gasteiger partial charge in [0, 0.05) is 12.6 Å². The lowest BCUT2D eigenvalue weighted by Gasteiger charge is -2.17. The van der Waals surface area contributed by atoms with Crippen molar-refractivity contribution in [2.24, 2.45) is 0 Å². The van der Waals surface area contributed by atoms with Crippen LogP contribution in [-0.2, 0) is 14.3 Å². The third-order valence-electron chi connectivity index (χ3n) is 3.23. The maximum absolute atomic E-state index is 10.1. The third-order valence-corrected chi connectivity index (χ3v) is 3.73. The van der Waals surface area contributed by atoms with Gasteiger partial charge in [0.25, 0.3) is 0 Å². The van der Waals surface area contributed by atoms with Crippen LogP contribution in [0.25, 0.3) is 11.0 Å². The Morgan fingerprint density at radius 2 is 2.32 bits per heavy atom. The van der Waals surface area contributed by atoms with E-state index in [4.69, 9.17) is 25.4 Å². The van der Waals surface area contributed by atoms with Crippen LogP contribution in [0.15, 0.2) is 18.6 Å². The van der Waals surface area contributed by atoms with E-state index in [1.807, 2.05) is 0 Å². The van der Waals surface area contributed by atoms with E-state index in [1.165, 1.54) is 6.33 Å². The number of nitrogens with zero attached hydrogens (tertiary/aromatic N) is 3. The first-order valence-electron chi connectivity index (χ1n) is 6.41. The number of fused-ring (bicyclic) bond motifs is 1. The Labute approximate surface area is 125 Å². The van der Waals surface area contributed by atoms with Crippen molar-refractivity contribution in [3.8, 4) is 0 Å². The smallest absolute Gasteiger partial charge is 0.232 e. The molecule has 10 nitrogen and oxygen atoms in total. The molecule has 0 aromatic carbocycles. The number of aromatic nitrogens is 3. The minimum absolute atomic E-state index is 0.138. The summed E-state index contributed by atoms with van der Waals surface area (Å²) in [5.74, 6) is 0.334. The Morgan fingerprint density at radius 3 is 3.09 bits per heavy atom. The normalized spacial score (nSPS) is 26.6. The molecule has 1 aliphatic heterocycles. The van der Waals surface area contributed by atoms with Crippen molar-refractivity contribution in [3.63, 3.8) is 0 Å². The average molecular weight is 330 g/mol. The molecule has 1 saturated heterocycles.